The van der Waals surface area contributed by atoms with Crippen molar-refractivity contribution in [1.29, 1.82) is 0 Å². The number of hydrogen-bond donors (Lipinski definition) is 1. The lowest BCUT2D eigenvalue weighted by Crippen LogP contribution is -2.00. The van der Waals surface area contributed by atoms with E-state index in [0.29, 0.717) is 6.61 Å². The van der Waals surface area contributed by atoms with Crippen LogP contribution in [0.3, 0.4) is 0 Å². The van der Waals surface area contributed by atoms with Crippen molar-refractivity contribution in [2.45, 2.75) is 6.61 Å². The van der Waals surface area contributed by atoms with Gasteiger partial charge in [-0.2, -0.15) is 0 Å². The average Bonchev–Trinajstić information content (AvgIpc) is 1.98. The predicted octanol–water partition coefficient (Wildman–Crippen LogP) is 2.44. The molecule has 0 unspecified atom stereocenters. The van der Waals surface area contributed by atoms with Crippen LogP contribution >= 0.6 is 38.5 Å². The quantitative estimate of drug-likeness (QED) is 0.669. The molecule has 0 fully saturated rings. The van der Waals surface area contributed by atoms with Gasteiger partial charge >= 0.3 is 0 Å². The summed E-state index contributed by atoms with van der Waals surface area (Å²) < 4.78 is 2.21. The molecule has 2 N–H and O–H groups in total. The third-order valence-corrected chi connectivity index (χ3v) is 2.79. The zero-order chi connectivity index (χ0) is 8.27. The Labute approximate surface area is 87.3 Å². The first-order valence-electron chi connectivity index (χ1n) is 2.99. The highest BCUT2D eigenvalue weighted by molar-refractivity contribution is 14.1. The van der Waals surface area contributed by atoms with E-state index < -0.39 is 0 Å². The molecule has 0 heterocycles. The van der Waals surface area contributed by atoms with E-state index in [-0.39, 0.29) is 0 Å². The molecule has 0 aliphatic carbocycles. The van der Waals surface area contributed by atoms with E-state index in [4.69, 9.17) is 5.90 Å². The van der Waals surface area contributed by atoms with Crippen LogP contribution in [-0.2, 0) is 11.4 Å². The first-order valence-corrected chi connectivity index (χ1v) is 4.87. The summed E-state index contributed by atoms with van der Waals surface area (Å²) in [6.45, 7) is 0.456. The van der Waals surface area contributed by atoms with Crippen molar-refractivity contribution in [3.8, 4) is 0 Å². The van der Waals surface area contributed by atoms with Gasteiger partial charge in [0.05, 0.1) is 6.61 Å². The molecule has 11 heavy (non-hydrogen) atoms. The summed E-state index contributed by atoms with van der Waals surface area (Å²) >= 11 is 5.61. The van der Waals surface area contributed by atoms with E-state index in [2.05, 4.69) is 43.4 Å². The molecule has 0 aliphatic heterocycles. The zero-order valence-corrected chi connectivity index (χ0v) is 9.42. The third kappa shape index (κ3) is 2.70. The molecule has 60 valence electrons. The highest BCUT2D eigenvalue weighted by Gasteiger charge is 1.98. The van der Waals surface area contributed by atoms with Gasteiger partial charge in [-0.1, -0.05) is 15.9 Å². The van der Waals surface area contributed by atoms with Gasteiger partial charge in [0.2, 0.25) is 0 Å². The summed E-state index contributed by atoms with van der Waals surface area (Å²) in [4.78, 5) is 4.54. The molecule has 0 radical (unpaired) electrons. The normalized spacial score (nSPS) is 10.1. The number of rotatable bonds is 2. The van der Waals surface area contributed by atoms with Gasteiger partial charge in [-0.25, -0.2) is 5.90 Å². The fourth-order valence-corrected chi connectivity index (χ4v) is 1.64. The Bertz CT molecular complexity index is 254. The molecule has 1 rings (SSSR count). The molecule has 2 nitrogen and oxygen atoms in total. The lowest BCUT2D eigenvalue weighted by molar-refractivity contribution is 0.123. The van der Waals surface area contributed by atoms with Crippen LogP contribution in [0.25, 0.3) is 0 Å². The SMILES string of the molecule is NOCc1cc(Br)ccc1I. The molecular weight excluding hydrogens is 321 g/mol. The smallest absolute Gasteiger partial charge is 0.0940 e. The van der Waals surface area contributed by atoms with E-state index in [9.17, 15) is 0 Å². The summed E-state index contributed by atoms with van der Waals surface area (Å²) in [5, 5.41) is 0. The predicted molar refractivity (Wildman–Crippen MR) is 55.8 cm³/mol. The number of nitrogens with two attached hydrogens (primary N) is 1. The highest BCUT2D eigenvalue weighted by atomic mass is 127. The van der Waals surface area contributed by atoms with Gasteiger partial charge in [-0.15, -0.1) is 0 Å². The van der Waals surface area contributed by atoms with Gasteiger partial charge in [0.1, 0.15) is 0 Å². The molecule has 1 aromatic rings. The molecule has 0 aromatic heterocycles. The fraction of sp³-hybridized carbons (Fsp3) is 0.143. The van der Waals surface area contributed by atoms with Gasteiger partial charge in [-0.05, 0) is 46.4 Å². The third-order valence-electron chi connectivity index (χ3n) is 1.25. The zero-order valence-electron chi connectivity index (χ0n) is 5.68. The van der Waals surface area contributed by atoms with Crippen LogP contribution in [0, 0.1) is 3.57 Å². The van der Waals surface area contributed by atoms with Gasteiger partial charge < -0.3 is 0 Å². The minimum atomic E-state index is 0.456. The van der Waals surface area contributed by atoms with Crippen LogP contribution in [0.4, 0.5) is 0 Å². The summed E-state index contributed by atoms with van der Waals surface area (Å²) in [5.74, 6) is 4.96. The first-order chi connectivity index (χ1) is 5.24. The maximum Gasteiger partial charge on any atom is 0.0940 e. The Kier molecular flexibility index (Phi) is 3.77. The Morgan fingerprint density at radius 3 is 2.91 bits per heavy atom. The van der Waals surface area contributed by atoms with Gasteiger partial charge in [-0.3, -0.25) is 4.84 Å². The van der Waals surface area contributed by atoms with Crippen molar-refractivity contribution in [1.82, 2.24) is 0 Å². The van der Waals surface area contributed by atoms with Crippen molar-refractivity contribution in [2.24, 2.45) is 5.90 Å². The van der Waals surface area contributed by atoms with E-state index >= 15 is 0 Å². The van der Waals surface area contributed by atoms with Gasteiger partial charge in [0, 0.05) is 8.04 Å². The van der Waals surface area contributed by atoms with Crippen molar-refractivity contribution < 1.29 is 4.84 Å². The largest absolute Gasteiger partial charge is 0.300 e. The molecule has 0 spiro atoms. The Morgan fingerprint density at radius 2 is 2.27 bits per heavy atom. The van der Waals surface area contributed by atoms with Crippen LogP contribution in [0.2, 0.25) is 0 Å². The summed E-state index contributed by atoms with van der Waals surface area (Å²) in [5.41, 5.74) is 1.10. The lowest BCUT2D eigenvalue weighted by Gasteiger charge is -2.02. The Morgan fingerprint density at radius 1 is 1.55 bits per heavy atom. The van der Waals surface area contributed by atoms with Crippen molar-refractivity contribution >= 4 is 38.5 Å². The van der Waals surface area contributed by atoms with E-state index in [1.54, 1.807) is 0 Å². The van der Waals surface area contributed by atoms with Crippen molar-refractivity contribution in [2.75, 3.05) is 0 Å². The van der Waals surface area contributed by atoms with Crippen LogP contribution in [-0.4, -0.2) is 0 Å². The van der Waals surface area contributed by atoms with Crippen molar-refractivity contribution in [3.05, 3.63) is 31.8 Å². The highest BCUT2D eigenvalue weighted by Crippen LogP contribution is 2.18. The second-order valence-electron chi connectivity index (χ2n) is 2.05. The molecule has 0 saturated heterocycles. The molecule has 0 atom stereocenters. The minimum absolute atomic E-state index is 0.456. The van der Waals surface area contributed by atoms with Crippen LogP contribution in [0.15, 0.2) is 22.7 Å². The van der Waals surface area contributed by atoms with E-state index in [1.165, 1.54) is 0 Å². The maximum atomic E-state index is 4.96. The van der Waals surface area contributed by atoms with E-state index in [1.807, 2.05) is 18.2 Å². The second kappa shape index (κ2) is 4.39. The van der Waals surface area contributed by atoms with E-state index in [0.717, 1.165) is 13.6 Å². The number of hydrogen-bond acceptors (Lipinski definition) is 2. The number of benzene rings is 1. The Hall–Kier alpha value is 0.350. The van der Waals surface area contributed by atoms with Crippen molar-refractivity contribution in [3.63, 3.8) is 0 Å². The maximum absolute atomic E-state index is 4.96. The summed E-state index contributed by atoms with van der Waals surface area (Å²) in [7, 11) is 0. The van der Waals surface area contributed by atoms with Crippen LogP contribution in [0.1, 0.15) is 5.56 Å². The molecular formula is C7H7BrINO. The molecule has 0 bridgehead atoms. The molecule has 4 heteroatoms. The minimum Gasteiger partial charge on any atom is -0.300 e. The van der Waals surface area contributed by atoms with Crippen LogP contribution < -0.4 is 5.90 Å². The monoisotopic (exact) mass is 327 g/mol. The fourth-order valence-electron chi connectivity index (χ4n) is 0.744. The van der Waals surface area contributed by atoms with Gasteiger partial charge in [0.15, 0.2) is 0 Å². The summed E-state index contributed by atoms with van der Waals surface area (Å²) in [6.07, 6.45) is 0. The average molecular weight is 328 g/mol. The summed E-state index contributed by atoms with van der Waals surface area (Å²) in [6, 6.07) is 6.00. The number of halogens is 2. The van der Waals surface area contributed by atoms with Gasteiger partial charge in [0.25, 0.3) is 0 Å². The van der Waals surface area contributed by atoms with Crippen LogP contribution in [0.5, 0.6) is 0 Å². The Balaban J connectivity index is 2.93. The molecule has 0 aliphatic rings. The molecule has 0 saturated carbocycles. The molecule has 1 aromatic carbocycles. The second-order valence-corrected chi connectivity index (χ2v) is 4.12. The first kappa shape index (κ1) is 9.44. The topological polar surface area (TPSA) is 35.2 Å². The lowest BCUT2D eigenvalue weighted by atomic mass is 10.2. The standard InChI is InChI=1S/C7H7BrINO/c8-6-1-2-7(9)5(3-6)4-11-10/h1-3H,4,10H2. The molecule has 0 amide bonds.